The predicted octanol–water partition coefficient (Wildman–Crippen LogP) is 3.17. The van der Waals surface area contributed by atoms with Crippen LogP contribution in [-0.2, 0) is 0 Å². The molecule has 180 valence electrons. The van der Waals surface area contributed by atoms with Gasteiger partial charge in [-0.25, -0.2) is 9.97 Å². The fourth-order valence-electron chi connectivity index (χ4n) is 4.67. The van der Waals surface area contributed by atoms with Crippen LogP contribution in [0.25, 0.3) is 16.6 Å². The number of nitrogens with two attached hydrogens (primary N) is 1. The Kier molecular flexibility index (Phi) is 5.35. The van der Waals surface area contributed by atoms with Crippen molar-refractivity contribution in [2.75, 3.05) is 24.3 Å². The molecule has 3 N–H and O–H groups in total. The Bertz CT molecular complexity index is 1340. The number of anilines is 2. The van der Waals surface area contributed by atoms with E-state index in [2.05, 4.69) is 21.9 Å². The van der Waals surface area contributed by atoms with Gasteiger partial charge in [-0.2, -0.15) is 9.61 Å². The second kappa shape index (κ2) is 8.12. The van der Waals surface area contributed by atoms with E-state index in [0.717, 1.165) is 36.3 Å². The first kappa shape index (κ1) is 22.4. The number of methoxy groups -OCH3 is 1. The Labute approximate surface area is 198 Å². The molecule has 0 bridgehead atoms. The molecule has 3 atom stereocenters. The number of hydrogen-bond acceptors (Lipinski definition) is 8. The van der Waals surface area contributed by atoms with Crippen molar-refractivity contribution in [1.82, 2.24) is 29.4 Å². The van der Waals surface area contributed by atoms with E-state index >= 15 is 0 Å². The third-order valence-electron chi connectivity index (χ3n) is 7.11. The molecular formula is C24H32N8O2. The molecule has 3 aromatic heterocycles. The fourth-order valence-corrected chi connectivity index (χ4v) is 4.67. The van der Waals surface area contributed by atoms with E-state index in [0.29, 0.717) is 23.0 Å². The van der Waals surface area contributed by atoms with Gasteiger partial charge in [-0.3, -0.25) is 4.68 Å². The van der Waals surface area contributed by atoms with E-state index in [1.54, 1.807) is 25.5 Å². The number of benzene rings is 1. The monoisotopic (exact) mass is 464 g/mol. The van der Waals surface area contributed by atoms with E-state index in [-0.39, 0.29) is 17.9 Å². The summed E-state index contributed by atoms with van der Waals surface area (Å²) >= 11 is 0. The molecule has 1 aliphatic rings. The average Bonchev–Trinajstić information content (AvgIpc) is 3.46. The van der Waals surface area contributed by atoms with E-state index < -0.39 is 5.60 Å². The maximum absolute atomic E-state index is 10.4. The molecule has 1 unspecified atom stereocenters. The number of fused-ring (bicyclic) bond motifs is 3. The number of para-hydroxylation sites is 1. The lowest BCUT2D eigenvalue weighted by Gasteiger charge is -2.38. The highest BCUT2D eigenvalue weighted by Gasteiger charge is 2.31. The van der Waals surface area contributed by atoms with Crippen molar-refractivity contribution in [2.45, 2.75) is 64.1 Å². The van der Waals surface area contributed by atoms with Gasteiger partial charge in [0.05, 0.1) is 30.6 Å². The quantitative estimate of drug-likeness (QED) is 0.462. The maximum atomic E-state index is 10.4. The lowest BCUT2D eigenvalue weighted by Crippen LogP contribution is -2.41. The van der Waals surface area contributed by atoms with Gasteiger partial charge in [0.2, 0.25) is 5.95 Å². The van der Waals surface area contributed by atoms with Crippen LogP contribution in [0.15, 0.2) is 30.6 Å². The molecule has 10 nitrogen and oxygen atoms in total. The third-order valence-corrected chi connectivity index (χ3v) is 7.11. The molecule has 0 spiro atoms. The highest BCUT2D eigenvalue weighted by molar-refractivity contribution is 5.95. The minimum Gasteiger partial charge on any atom is -0.494 e. The molecule has 5 rings (SSSR count). The summed E-state index contributed by atoms with van der Waals surface area (Å²) < 4.78 is 8.92. The van der Waals surface area contributed by atoms with Gasteiger partial charge in [-0.15, -0.1) is 5.10 Å². The highest BCUT2D eigenvalue weighted by atomic mass is 16.5. The Morgan fingerprint density at radius 1 is 1.24 bits per heavy atom. The number of piperidine rings is 1. The zero-order valence-corrected chi connectivity index (χ0v) is 20.3. The van der Waals surface area contributed by atoms with Crippen LogP contribution in [0.2, 0.25) is 0 Å². The van der Waals surface area contributed by atoms with Crippen molar-refractivity contribution in [2.24, 2.45) is 0 Å². The lowest BCUT2D eigenvalue weighted by atomic mass is 9.92. The Balaban J connectivity index is 1.48. The number of hydrogen-bond donors (Lipinski definition) is 2. The smallest absolute Gasteiger partial charge is 0.223 e. The van der Waals surface area contributed by atoms with Gasteiger partial charge in [0.25, 0.3) is 0 Å². The predicted molar refractivity (Wildman–Crippen MR) is 131 cm³/mol. The van der Waals surface area contributed by atoms with Crippen LogP contribution in [0, 0.1) is 0 Å². The van der Waals surface area contributed by atoms with E-state index in [1.165, 1.54) is 0 Å². The van der Waals surface area contributed by atoms with Gasteiger partial charge in [0, 0.05) is 30.1 Å². The highest BCUT2D eigenvalue weighted by Crippen LogP contribution is 2.34. The molecule has 0 amide bonds. The summed E-state index contributed by atoms with van der Waals surface area (Å²) in [6.45, 7) is 8.57. The van der Waals surface area contributed by atoms with Crippen molar-refractivity contribution in [3.05, 3.63) is 36.4 Å². The van der Waals surface area contributed by atoms with Gasteiger partial charge < -0.3 is 20.5 Å². The van der Waals surface area contributed by atoms with Gasteiger partial charge in [0.1, 0.15) is 11.3 Å². The van der Waals surface area contributed by atoms with Crippen LogP contribution in [0.3, 0.4) is 0 Å². The summed E-state index contributed by atoms with van der Waals surface area (Å²) in [4.78, 5) is 11.8. The Morgan fingerprint density at radius 3 is 2.76 bits per heavy atom. The second-order valence-corrected chi connectivity index (χ2v) is 9.82. The largest absolute Gasteiger partial charge is 0.494 e. The van der Waals surface area contributed by atoms with Crippen molar-refractivity contribution >= 4 is 28.2 Å². The first-order valence-corrected chi connectivity index (χ1v) is 11.7. The topological polar surface area (TPSA) is 120 Å². The van der Waals surface area contributed by atoms with Gasteiger partial charge in [-0.1, -0.05) is 6.07 Å². The molecular weight excluding hydrogens is 432 g/mol. The first-order valence-electron chi connectivity index (χ1n) is 11.7. The number of aliphatic hydroxyl groups is 1. The fraction of sp³-hybridized carbons (Fsp3) is 0.500. The van der Waals surface area contributed by atoms with Crippen LogP contribution in [-0.4, -0.2) is 59.8 Å². The SMILES string of the molecule is COc1cccc2c1nc(N)n1nc([C@H]3CC[C@H](C)N(c4cnn(C(C)C(C)(C)O)c4)C3)nc21. The number of nitrogen functional groups attached to an aromatic ring is 1. The van der Waals surface area contributed by atoms with Crippen LogP contribution in [0.1, 0.15) is 58.3 Å². The molecule has 10 heteroatoms. The van der Waals surface area contributed by atoms with Crippen molar-refractivity contribution in [3.8, 4) is 5.75 Å². The number of ether oxygens (including phenoxy) is 1. The Morgan fingerprint density at radius 2 is 2.03 bits per heavy atom. The molecule has 4 aromatic rings. The normalized spacial score (nSPS) is 20.2. The average molecular weight is 465 g/mol. The number of nitrogens with zero attached hydrogens (tertiary/aromatic N) is 7. The minimum atomic E-state index is -0.862. The first-order chi connectivity index (χ1) is 16.2. The standard InChI is InChI=1S/C24H32N8O2/c1-14-9-10-16(12-30(14)17-11-26-31(13-17)15(2)24(3,4)33)21-28-22-18-7-6-8-19(34-5)20(18)27-23(25)32(22)29-21/h6-8,11,13-16,33H,9-10,12H2,1-5H3,(H2,25,27)/t14-,15?,16-/m0/s1. The summed E-state index contributed by atoms with van der Waals surface area (Å²) in [7, 11) is 1.62. The van der Waals surface area contributed by atoms with Crippen LogP contribution in [0.4, 0.5) is 11.6 Å². The Hall–Kier alpha value is -3.40. The molecule has 0 saturated carbocycles. The second-order valence-electron chi connectivity index (χ2n) is 9.82. The molecule has 1 aliphatic heterocycles. The summed E-state index contributed by atoms with van der Waals surface area (Å²) in [6.07, 6.45) is 5.88. The molecule has 1 fully saturated rings. The summed E-state index contributed by atoms with van der Waals surface area (Å²) in [5, 5.41) is 20.5. The molecule has 34 heavy (non-hydrogen) atoms. The molecule has 1 aromatic carbocycles. The maximum Gasteiger partial charge on any atom is 0.223 e. The van der Waals surface area contributed by atoms with E-state index in [1.807, 2.05) is 42.2 Å². The zero-order valence-electron chi connectivity index (χ0n) is 20.3. The van der Waals surface area contributed by atoms with Gasteiger partial charge in [0.15, 0.2) is 11.5 Å². The van der Waals surface area contributed by atoms with Crippen LogP contribution < -0.4 is 15.4 Å². The van der Waals surface area contributed by atoms with Gasteiger partial charge >= 0.3 is 0 Å². The van der Waals surface area contributed by atoms with Gasteiger partial charge in [-0.05, 0) is 52.7 Å². The van der Waals surface area contributed by atoms with Crippen molar-refractivity contribution in [3.63, 3.8) is 0 Å². The number of aromatic nitrogens is 6. The minimum absolute atomic E-state index is 0.141. The lowest BCUT2D eigenvalue weighted by molar-refractivity contribution is 0.0258. The van der Waals surface area contributed by atoms with E-state index in [9.17, 15) is 5.11 Å². The molecule has 4 heterocycles. The summed E-state index contributed by atoms with van der Waals surface area (Å²) in [6, 6.07) is 5.97. The summed E-state index contributed by atoms with van der Waals surface area (Å²) in [5.41, 5.74) is 7.79. The zero-order chi connectivity index (χ0) is 24.2. The van der Waals surface area contributed by atoms with Crippen LogP contribution in [0.5, 0.6) is 5.75 Å². The van der Waals surface area contributed by atoms with Crippen LogP contribution >= 0.6 is 0 Å². The molecule has 1 saturated heterocycles. The number of rotatable bonds is 5. The summed E-state index contributed by atoms with van der Waals surface area (Å²) in [5.74, 6) is 1.85. The van der Waals surface area contributed by atoms with E-state index in [4.69, 9.17) is 20.6 Å². The third kappa shape index (κ3) is 3.71. The molecule has 0 radical (unpaired) electrons. The molecule has 0 aliphatic carbocycles. The van der Waals surface area contributed by atoms with Crippen molar-refractivity contribution in [1.29, 1.82) is 0 Å². The van der Waals surface area contributed by atoms with Crippen molar-refractivity contribution < 1.29 is 9.84 Å².